The molecule has 0 spiro atoms. The summed E-state index contributed by atoms with van der Waals surface area (Å²) in [6, 6.07) is -1.77. The minimum absolute atomic E-state index is 0.639. The normalized spacial score (nSPS) is 26.3. The highest BCUT2D eigenvalue weighted by Crippen LogP contribution is 2.26. The molecule has 1 rings (SSSR count). The van der Waals surface area contributed by atoms with E-state index in [1.165, 1.54) is 0 Å². The summed E-state index contributed by atoms with van der Waals surface area (Å²) in [7, 11) is 0. The second-order valence-electron chi connectivity index (χ2n) is 1.51. The molecule has 0 saturated carbocycles. The molecule has 1 aliphatic rings. The Morgan fingerprint density at radius 3 is 2.33 bits per heavy atom. The highest BCUT2D eigenvalue weighted by molar-refractivity contribution is 5.50. The molecule has 0 N–H and O–H groups in total. The molecular weight excluding hydrogens is 135 g/mol. The molecule has 1 heterocycles. The first-order chi connectivity index (χ1) is 4.11. The van der Waals surface area contributed by atoms with Gasteiger partial charge in [0, 0.05) is 0 Å². The smallest absolute Gasteiger partial charge is 0.414 e. The lowest BCUT2D eigenvalue weighted by Crippen LogP contribution is -2.24. The first-order valence-corrected chi connectivity index (χ1v) is 2.18. The van der Waals surface area contributed by atoms with Gasteiger partial charge in [-0.15, -0.1) is 0 Å². The largest absolute Gasteiger partial charge is 0.474 e. The summed E-state index contributed by atoms with van der Waals surface area (Å²) in [4.78, 5) is 2.98. The van der Waals surface area contributed by atoms with E-state index in [-0.39, 0.29) is 0 Å². The molecule has 5 heteroatoms. The van der Waals surface area contributed by atoms with Crippen LogP contribution in [0.1, 0.15) is 0 Å². The Morgan fingerprint density at radius 2 is 2.11 bits per heavy atom. The molecule has 0 aromatic rings. The van der Waals surface area contributed by atoms with E-state index < -0.39 is 12.2 Å². The van der Waals surface area contributed by atoms with E-state index >= 15 is 0 Å². The lowest BCUT2D eigenvalue weighted by atomic mass is 10.3. The third-order valence-corrected chi connectivity index (χ3v) is 0.825. The van der Waals surface area contributed by atoms with Crippen LogP contribution in [0.25, 0.3) is 0 Å². The molecule has 0 aromatic heterocycles. The summed E-state index contributed by atoms with van der Waals surface area (Å²) in [5, 5.41) is 0. The Hall–Kier alpha value is -0.740. The SMILES string of the molecule is FC(F)(F)C1[CH]OC=N1. The van der Waals surface area contributed by atoms with Crippen molar-refractivity contribution in [2.24, 2.45) is 4.99 Å². The average Bonchev–Trinajstić information content (AvgIpc) is 2.08. The number of ether oxygens (including phenoxy) is 1. The zero-order valence-corrected chi connectivity index (χ0v) is 4.22. The second kappa shape index (κ2) is 1.89. The maximum Gasteiger partial charge on any atom is 0.414 e. The van der Waals surface area contributed by atoms with Crippen LogP contribution in [0.15, 0.2) is 4.99 Å². The maximum absolute atomic E-state index is 11.5. The predicted octanol–water partition coefficient (Wildman–Crippen LogP) is 1.14. The molecule has 0 saturated heterocycles. The Balaban J connectivity index is 2.53. The van der Waals surface area contributed by atoms with Crippen LogP contribution < -0.4 is 0 Å². The van der Waals surface area contributed by atoms with Gasteiger partial charge in [0.1, 0.15) is 0 Å². The zero-order valence-electron chi connectivity index (χ0n) is 4.22. The minimum Gasteiger partial charge on any atom is -0.474 e. The molecule has 1 radical (unpaired) electrons. The van der Waals surface area contributed by atoms with Crippen LogP contribution in [0.3, 0.4) is 0 Å². The molecule has 0 bridgehead atoms. The number of hydrogen-bond donors (Lipinski definition) is 0. The van der Waals surface area contributed by atoms with E-state index in [9.17, 15) is 13.2 Å². The molecule has 1 atom stereocenters. The monoisotopic (exact) mass is 138 g/mol. The topological polar surface area (TPSA) is 21.6 Å². The first-order valence-electron chi connectivity index (χ1n) is 2.18. The molecule has 9 heavy (non-hydrogen) atoms. The molecule has 2 nitrogen and oxygen atoms in total. The van der Waals surface area contributed by atoms with Crippen LogP contribution in [-0.2, 0) is 4.74 Å². The van der Waals surface area contributed by atoms with Gasteiger partial charge in [-0.1, -0.05) is 0 Å². The fourth-order valence-corrected chi connectivity index (χ4v) is 0.407. The Morgan fingerprint density at radius 1 is 1.44 bits per heavy atom. The van der Waals surface area contributed by atoms with Crippen molar-refractivity contribution in [3.05, 3.63) is 6.61 Å². The summed E-state index contributed by atoms with van der Waals surface area (Å²) >= 11 is 0. The summed E-state index contributed by atoms with van der Waals surface area (Å²) in [6.07, 6.45) is -3.52. The second-order valence-corrected chi connectivity index (χ2v) is 1.51. The van der Waals surface area contributed by atoms with E-state index in [0.29, 0.717) is 6.61 Å². The van der Waals surface area contributed by atoms with E-state index in [1.54, 1.807) is 0 Å². The molecule has 0 aliphatic carbocycles. The van der Waals surface area contributed by atoms with Crippen molar-refractivity contribution in [3.8, 4) is 0 Å². The Bertz CT molecular complexity index is 130. The highest BCUT2D eigenvalue weighted by Gasteiger charge is 2.42. The van der Waals surface area contributed by atoms with Gasteiger partial charge in [0.2, 0.25) is 0 Å². The first kappa shape index (κ1) is 6.38. The quantitative estimate of drug-likeness (QED) is 0.491. The van der Waals surface area contributed by atoms with Gasteiger partial charge < -0.3 is 4.74 Å². The van der Waals surface area contributed by atoms with E-state index in [4.69, 9.17) is 0 Å². The van der Waals surface area contributed by atoms with Crippen molar-refractivity contribution in [1.29, 1.82) is 0 Å². The number of nitrogens with zero attached hydrogens (tertiary/aromatic N) is 1. The third kappa shape index (κ3) is 1.34. The Labute approximate surface area is 49.3 Å². The molecule has 0 aromatic carbocycles. The van der Waals surface area contributed by atoms with Crippen molar-refractivity contribution in [2.45, 2.75) is 12.2 Å². The molecule has 0 amide bonds. The van der Waals surface area contributed by atoms with E-state index in [1.807, 2.05) is 0 Å². The zero-order chi connectivity index (χ0) is 6.91. The number of hydrogen-bond acceptors (Lipinski definition) is 2. The molecular formula is C4H3F3NO. The van der Waals surface area contributed by atoms with Gasteiger partial charge in [-0.2, -0.15) is 13.2 Å². The third-order valence-electron chi connectivity index (χ3n) is 0.825. The van der Waals surface area contributed by atoms with Crippen molar-refractivity contribution >= 4 is 6.40 Å². The van der Waals surface area contributed by atoms with E-state index in [2.05, 4.69) is 9.73 Å². The predicted molar refractivity (Wildman–Crippen MR) is 23.7 cm³/mol. The van der Waals surface area contributed by atoms with Gasteiger partial charge in [-0.3, -0.25) is 0 Å². The number of alkyl halides is 3. The molecule has 51 valence electrons. The fraction of sp³-hybridized carbons (Fsp3) is 0.500. The lowest BCUT2D eigenvalue weighted by Gasteiger charge is -2.07. The maximum atomic E-state index is 11.5. The standard InChI is InChI=1S/C4H3F3NO/c5-4(6,7)3-1-9-2-8-3/h1-3H. The van der Waals surface area contributed by atoms with Gasteiger partial charge in [0.05, 0.1) is 0 Å². The number of aliphatic imine (C=N–C) groups is 1. The summed E-state index contributed by atoms with van der Waals surface area (Å²) in [6.45, 7) is 0.639. The number of halogens is 3. The van der Waals surface area contributed by atoms with E-state index in [0.717, 1.165) is 6.40 Å². The van der Waals surface area contributed by atoms with Crippen molar-refractivity contribution in [3.63, 3.8) is 0 Å². The molecule has 1 aliphatic heterocycles. The van der Waals surface area contributed by atoms with Crippen molar-refractivity contribution in [2.75, 3.05) is 0 Å². The summed E-state index contributed by atoms with van der Waals surface area (Å²) in [5.41, 5.74) is 0. The average molecular weight is 138 g/mol. The Kier molecular flexibility index (Phi) is 1.34. The van der Waals surface area contributed by atoms with Crippen LogP contribution in [0, 0.1) is 6.61 Å². The van der Waals surface area contributed by atoms with Crippen LogP contribution in [0.4, 0.5) is 13.2 Å². The summed E-state index contributed by atoms with van der Waals surface area (Å²) in [5.74, 6) is 0. The van der Waals surface area contributed by atoms with Crippen LogP contribution in [-0.4, -0.2) is 18.6 Å². The fourth-order valence-electron chi connectivity index (χ4n) is 0.407. The molecule has 0 fully saturated rings. The van der Waals surface area contributed by atoms with Gasteiger partial charge in [-0.05, 0) is 0 Å². The lowest BCUT2D eigenvalue weighted by molar-refractivity contribution is -0.142. The molecule has 1 unspecified atom stereocenters. The minimum atomic E-state index is -4.30. The van der Waals surface area contributed by atoms with Crippen LogP contribution >= 0.6 is 0 Å². The van der Waals surface area contributed by atoms with Crippen molar-refractivity contribution in [1.82, 2.24) is 0 Å². The van der Waals surface area contributed by atoms with Gasteiger partial charge in [0.25, 0.3) is 0 Å². The van der Waals surface area contributed by atoms with Gasteiger partial charge in [0.15, 0.2) is 19.0 Å². The van der Waals surface area contributed by atoms with Crippen LogP contribution in [0.2, 0.25) is 0 Å². The van der Waals surface area contributed by atoms with Crippen LogP contribution in [0.5, 0.6) is 0 Å². The number of rotatable bonds is 0. The highest BCUT2D eigenvalue weighted by atomic mass is 19.4. The summed E-state index contributed by atoms with van der Waals surface area (Å²) < 4.78 is 38.8. The van der Waals surface area contributed by atoms with Gasteiger partial charge >= 0.3 is 6.18 Å². The van der Waals surface area contributed by atoms with Crippen molar-refractivity contribution < 1.29 is 17.9 Å². The van der Waals surface area contributed by atoms with Gasteiger partial charge in [-0.25, -0.2) is 4.99 Å².